The lowest BCUT2D eigenvalue weighted by Crippen LogP contribution is -2.29. The smallest absolute Gasteiger partial charge is 0.296 e. The molecule has 1 fully saturated rings. The van der Waals surface area contributed by atoms with E-state index >= 15 is 0 Å². The van der Waals surface area contributed by atoms with E-state index in [0.717, 1.165) is 6.07 Å². The van der Waals surface area contributed by atoms with Gasteiger partial charge in [0.05, 0.1) is 24.4 Å². The summed E-state index contributed by atoms with van der Waals surface area (Å²) in [5, 5.41) is 11.4. The molecular weight excluding hydrogens is 409 g/mol. The summed E-state index contributed by atoms with van der Waals surface area (Å²) in [7, 11) is 0. The Morgan fingerprint density at radius 3 is 2.53 bits per heavy atom. The number of aryl methyl sites for hydroxylation is 1. The van der Waals surface area contributed by atoms with Gasteiger partial charge in [0.1, 0.15) is 17.3 Å². The standard InChI is InChI=1S/C23H17ClFNO4/c1-13-4-5-15(11-18(13)25)21(27)19-20(14-6-8-16(24)9-7-14)26(23(29)22(19)28)12-17-3-2-10-30-17/h2-11,20,27H,12H2,1H3/b21-19+. The van der Waals surface area contributed by atoms with Crippen LogP contribution in [0.3, 0.4) is 0 Å². The van der Waals surface area contributed by atoms with Crippen LogP contribution in [-0.2, 0) is 16.1 Å². The monoisotopic (exact) mass is 425 g/mol. The van der Waals surface area contributed by atoms with E-state index in [2.05, 4.69) is 0 Å². The van der Waals surface area contributed by atoms with Crippen molar-refractivity contribution < 1.29 is 23.5 Å². The Bertz CT molecular complexity index is 1150. The van der Waals surface area contributed by atoms with Crippen LogP contribution in [0, 0.1) is 12.7 Å². The minimum Gasteiger partial charge on any atom is -0.507 e. The van der Waals surface area contributed by atoms with Crippen molar-refractivity contribution in [2.45, 2.75) is 19.5 Å². The Labute approximate surface area is 177 Å². The number of hydrogen-bond donors (Lipinski definition) is 1. The third-order valence-corrected chi connectivity index (χ3v) is 5.33. The van der Waals surface area contributed by atoms with Gasteiger partial charge in [0, 0.05) is 10.6 Å². The molecule has 1 atom stereocenters. The first-order valence-corrected chi connectivity index (χ1v) is 9.57. The normalized spacial score (nSPS) is 18.2. The predicted molar refractivity (Wildman–Crippen MR) is 109 cm³/mol. The Kier molecular flexibility index (Phi) is 5.18. The van der Waals surface area contributed by atoms with Crippen molar-refractivity contribution in [2.24, 2.45) is 0 Å². The fourth-order valence-corrected chi connectivity index (χ4v) is 3.63. The molecule has 0 saturated carbocycles. The van der Waals surface area contributed by atoms with Crippen LogP contribution in [0.25, 0.3) is 5.76 Å². The summed E-state index contributed by atoms with van der Waals surface area (Å²) in [6, 6.07) is 13.3. The molecule has 4 rings (SSSR count). The lowest BCUT2D eigenvalue weighted by atomic mass is 9.95. The highest BCUT2D eigenvalue weighted by Gasteiger charge is 2.46. The van der Waals surface area contributed by atoms with Crippen molar-refractivity contribution >= 4 is 29.1 Å². The highest BCUT2D eigenvalue weighted by atomic mass is 35.5. The molecule has 1 N–H and O–H groups in total. The summed E-state index contributed by atoms with van der Waals surface area (Å²) in [5.41, 5.74) is 0.989. The van der Waals surface area contributed by atoms with Gasteiger partial charge in [-0.05, 0) is 48.4 Å². The van der Waals surface area contributed by atoms with Crippen LogP contribution in [-0.4, -0.2) is 21.7 Å². The SMILES string of the molecule is Cc1ccc(/C(O)=C2\C(=O)C(=O)N(Cc3ccco3)C2c2ccc(Cl)cc2)cc1F. The lowest BCUT2D eigenvalue weighted by molar-refractivity contribution is -0.140. The molecule has 0 aliphatic carbocycles. The molecule has 1 aromatic heterocycles. The number of aliphatic hydroxyl groups excluding tert-OH is 1. The second-order valence-electron chi connectivity index (χ2n) is 7.02. The zero-order valence-electron chi connectivity index (χ0n) is 15.9. The van der Waals surface area contributed by atoms with Gasteiger partial charge in [0.2, 0.25) is 0 Å². The zero-order chi connectivity index (χ0) is 21.4. The number of furan rings is 1. The van der Waals surface area contributed by atoms with Crippen molar-refractivity contribution in [3.63, 3.8) is 0 Å². The zero-order valence-corrected chi connectivity index (χ0v) is 16.7. The number of nitrogens with zero attached hydrogens (tertiary/aromatic N) is 1. The van der Waals surface area contributed by atoms with Crippen molar-refractivity contribution in [1.82, 2.24) is 4.90 Å². The Morgan fingerprint density at radius 1 is 1.17 bits per heavy atom. The van der Waals surface area contributed by atoms with Gasteiger partial charge in [0.25, 0.3) is 11.7 Å². The molecule has 152 valence electrons. The first kappa shape index (κ1) is 19.9. The highest BCUT2D eigenvalue weighted by molar-refractivity contribution is 6.46. The summed E-state index contributed by atoms with van der Waals surface area (Å²) in [6.07, 6.45) is 1.47. The minimum atomic E-state index is -0.878. The van der Waals surface area contributed by atoms with Crippen molar-refractivity contribution in [2.75, 3.05) is 0 Å². The first-order valence-electron chi connectivity index (χ1n) is 9.19. The molecule has 3 aromatic rings. The third-order valence-electron chi connectivity index (χ3n) is 5.08. The molecule has 0 bridgehead atoms. The number of carbonyl (C=O) groups is 2. The number of carbonyl (C=O) groups excluding carboxylic acids is 2. The molecule has 1 aliphatic heterocycles. The van der Waals surface area contributed by atoms with Gasteiger partial charge < -0.3 is 14.4 Å². The fraction of sp³-hybridized carbons (Fsp3) is 0.130. The Hall–Kier alpha value is -3.38. The maximum Gasteiger partial charge on any atom is 0.296 e. The van der Waals surface area contributed by atoms with Gasteiger partial charge in [-0.25, -0.2) is 4.39 Å². The van der Waals surface area contributed by atoms with Crippen molar-refractivity contribution in [3.8, 4) is 0 Å². The average Bonchev–Trinajstić information content (AvgIpc) is 3.33. The molecule has 7 heteroatoms. The van der Waals surface area contributed by atoms with E-state index in [0.29, 0.717) is 21.9 Å². The van der Waals surface area contributed by atoms with E-state index in [1.54, 1.807) is 43.3 Å². The van der Waals surface area contributed by atoms with E-state index < -0.39 is 29.3 Å². The van der Waals surface area contributed by atoms with E-state index in [1.165, 1.54) is 23.3 Å². The van der Waals surface area contributed by atoms with Crippen LogP contribution in [0.5, 0.6) is 0 Å². The quantitative estimate of drug-likeness (QED) is 0.362. The molecule has 2 heterocycles. The Balaban J connectivity index is 1.87. The number of aliphatic hydroxyl groups is 1. The van der Waals surface area contributed by atoms with Gasteiger partial charge in [-0.15, -0.1) is 0 Å². The van der Waals surface area contributed by atoms with E-state index in [1.807, 2.05) is 0 Å². The molecule has 1 saturated heterocycles. The van der Waals surface area contributed by atoms with Gasteiger partial charge in [-0.2, -0.15) is 0 Å². The molecule has 0 spiro atoms. The molecule has 30 heavy (non-hydrogen) atoms. The maximum atomic E-state index is 14.1. The van der Waals surface area contributed by atoms with Crippen molar-refractivity contribution in [1.29, 1.82) is 0 Å². The summed E-state index contributed by atoms with van der Waals surface area (Å²) in [4.78, 5) is 27.1. The highest BCUT2D eigenvalue weighted by Crippen LogP contribution is 2.40. The van der Waals surface area contributed by atoms with Crippen LogP contribution in [0.1, 0.15) is 28.5 Å². The average molecular weight is 426 g/mol. The maximum absolute atomic E-state index is 14.1. The second kappa shape index (κ2) is 7.80. The van der Waals surface area contributed by atoms with Gasteiger partial charge in [-0.3, -0.25) is 9.59 Å². The largest absolute Gasteiger partial charge is 0.507 e. The van der Waals surface area contributed by atoms with Gasteiger partial charge in [-0.1, -0.05) is 35.9 Å². The topological polar surface area (TPSA) is 70.8 Å². The number of amides is 1. The molecule has 1 aliphatic rings. The Morgan fingerprint density at radius 2 is 1.90 bits per heavy atom. The lowest BCUT2D eigenvalue weighted by Gasteiger charge is -2.24. The van der Waals surface area contributed by atoms with E-state index in [9.17, 15) is 19.1 Å². The number of rotatable bonds is 4. The summed E-state index contributed by atoms with van der Waals surface area (Å²) in [5.74, 6) is -2.10. The van der Waals surface area contributed by atoms with Crippen LogP contribution < -0.4 is 0 Å². The minimum absolute atomic E-state index is 0.0317. The summed E-state index contributed by atoms with van der Waals surface area (Å²) >= 11 is 5.99. The third kappa shape index (κ3) is 3.50. The van der Waals surface area contributed by atoms with E-state index in [-0.39, 0.29) is 17.7 Å². The van der Waals surface area contributed by atoms with Crippen LogP contribution >= 0.6 is 11.6 Å². The first-order chi connectivity index (χ1) is 14.4. The van der Waals surface area contributed by atoms with Crippen LogP contribution in [0.4, 0.5) is 4.39 Å². The molecule has 1 unspecified atom stereocenters. The number of likely N-dealkylation sites (tertiary alicyclic amines) is 1. The molecular formula is C23H17ClFNO4. The summed E-state index contributed by atoms with van der Waals surface area (Å²) in [6.45, 7) is 1.62. The molecule has 1 amide bonds. The number of halogens is 2. The number of benzene rings is 2. The number of Topliss-reactive ketones (excluding diaryl/α,β-unsaturated/α-hetero) is 1. The number of hydrogen-bond acceptors (Lipinski definition) is 4. The summed E-state index contributed by atoms with van der Waals surface area (Å²) < 4.78 is 19.4. The predicted octanol–water partition coefficient (Wildman–Crippen LogP) is 5.00. The number of ketones is 1. The van der Waals surface area contributed by atoms with E-state index in [4.69, 9.17) is 16.0 Å². The molecule has 5 nitrogen and oxygen atoms in total. The molecule has 0 radical (unpaired) electrons. The molecule has 2 aromatic carbocycles. The van der Waals surface area contributed by atoms with Gasteiger partial charge >= 0.3 is 0 Å². The van der Waals surface area contributed by atoms with Gasteiger partial charge in [0.15, 0.2) is 0 Å². The van der Waals surface area contributed by atoms with Crippen LogP contribution in [0.15, 0.2) is 70.9 Å². The second-order valence-corrected chi connectivity index (χ2v) is 7.46. The fourth-order valence-electron chi connectivity index (χ4n) is 3.50. The van der Waals surface area contributed by atoms with Crippen molar-refractivity contribution in [3.05, 3.63) is 99.7 Å². The van der Waals surface area contributed by atoms with Crippen LogP contribution in [0.2, 0.25) is 5.02 Å².